The number of carbonyl (C=O) groups is 1. The first-order chi connectivity index (χ1) is 7.54. The van der Waals surface area contributed by atoms with Crippen molar-refractivity contribution in [2.24, 2.45) is 0 Å². The van der Waals surface area contributed by atoms with Gasteiger partial charge in [0.25, 0.3) is 5.69 Å². The molecule has 0 unspecified atom stereocenters. The predicted molar refractivity (Wildman–Crippen MR) is 61.3 cm³/mol. The lowest BCUT2D eigenvalue weighted by Gasteiger charge is -2.06. The molecule has 0 aliphatic heterocycles. The zero-order chi connectivity index (χ0) is 12.1. The number of nitro benzene ring substituents is 1. The van der Waals surface area contributed by atoms with Gasteiger partial charge in [-0.2, -0.15) is 0 Å². The van der Waals surface area contributed by atoms with Crippen LogP contribution in [0.2, 0.25) is 0 Å². The Morgan fingerprint density at radius 2 is 2.31 bits per heavy atom. The van der Waals surface area contributed by atoms with E-state index in [1.807, 2.05) is 0 Å². The number of non-ortho nitro benzene ring substituents is 1. The van der Waals surface area contributed by atoms with Crippen LogP contribution in [-0.4, -0.2) is 24.5 Å². The summed E-state index contributed by atoms with van der Waals surface area (Å²) in [6, 6.07) is 4.23. The first-order valence-electron chi connectivity index (χ1n) is 4.29. The highest BCUT2D eigenvalue weighted by atomic mass is 79.9. The minimum absolute atomic E-state index is 0.00686. The van der Waals surface area contributed by atoms with Crippen LogP contribution in [0.5, 0.6) is 0 Å². The van der Waals surface area contributed by atoms with Gasteiger partial charge in [-0.1, -0.05) is 0 Å². The van der Waals surface area contributed by atoms with E-state index in [2.05, 4.69) is 26.0 Å². The molecule has 0 aromatic heterocycles. The van der Waals surface area contributed by atoms with E-state index < -0.39 is 10.9 Å². The van der Waals surface area contributed by atoms with Crippen molar-refractivity contribution in [2.45, 2.75) is 0 Å². The van der Waals surface area contributed by atoms with E-state index in [9.17, 15) is 14.9 Å². The number of benzene rings is 1. The maximum absolute atomic E-state index is 10.9. The van der Waals surface area contributed by atoms with Crippen molar-refractivity contribution in [1.29, 1.82) is 0 Å². The van der Waals surface area contributed by atoms with Crippen LogP contribution in [0.1, 0.15) is 0 Å². The van der Waals surface area contributed by atoms with E-state index in [0.717, 1.165) is 0 Å². The van der Waals surface area contributed by atoms with Crippen LogP contribution in [0, 0.1) is 10.1 Å². The molecule has 0 fully saturated rings. The Kier molecular flexibility index (Phi) is 4.24. The second kappa shape index (κ2) is 5.45. The second-order valence-electron chi connectivity index (χ2n) is 2.85. The third kappa shape index (κ3) is 3.20. The van der Waals surface area contributed by atoms with Crippen LogP contribution in [0.4, 0.5) is 11.4 Å². The molecule has 0 saturated carbocycles. The maximum atomic E-state index is 10.9. The molecule has 0 atom stereocenters. The number of nitrogens with zero attached hydrogens (tertiary/aromatic N) is 1. The van der Waals surface area contributed by atoms with Crippen LogP contribution in [0.25, 0.3) is 0 Å². The van der Waals surface area contributed by atoms with E-state index in [4.69, 9.17) is 0 Å². The smallest absolute Gasteiger partial charge is 0.325 e. The highest BCUT2D eigenvalue weighted by Gasteiger charge is 2.09. The molecule has 0 aliphatic rings. The van der Waals surface area contributed by atoms with Gasteiger partial charge in [0.2, 0.25) is 0 Å². The summed E-state index contributed by atoms with van der Waals surface area (Å²) < 4.78 is 4.97. The number of halogens is 1. The first kappa shape index (κ1) is 12.4. The molecule has 0 saturated heterocycles. The Balaban J connectivity index is 2.75. The summed E-state index contributed by atoms with van der Waals surface area (Å²) in [7, 11) is 1.29. The number of nitro groups is 1. The molecule has 0 aliphatic carbocycles. The number of esters is 1. The third-order valence-corrected chi connectivity index (χ3v) is 2.47. The van der Waals surface area contributed by atoms with Gasteiger partial charge in [0.1, 0.15) is 6.54 Å². The van der Waals surface area contributed by atoms with Crippen molar-refractivity contribution in [3.8, 4) is 0 Å². The number of rotatable bonds is 4. The summed E-state index contributed by atoms with van der Waals surface area (Å²) in [4.78, 5) is 20.8. The fraction of sp³-hybridized carbons (Fsp3) is 0.222. The predicted octanol–water partition coefficient (Wildman–Crippen LogP) is 1.94. The number of hydrogen-bond donors (Lipinski definition) is 1. The van der Waals surface area contributed by atoms with Crippen LogP contribution in [0.3, 0.4) is 0 Å². The first-order valence-corrected chi connectivity index (χ1v) is 5.08. The van der Waals surface area contributed by atoms with Gasteiger partial charge >= 0.3 is 5.97 Å². The zero-order valence-electron chi connectivity index (χ0n) is 8.40. The van der Waals surface area contributed by atoms with Crippen molar-refractivity contribution in [2.75, 3.05) is 19.0 Å². The van der Waals surface area contributed by atoms with Crippen LogP contribution in [-0.2, 0) is 9.53 Å². The highest BCUT2D eigenvalue weighted by Crippen LogP contribution is 2.26. The normalized spacial score (nSPS) is 9.62. The summed E-state index contributed by atoms with van der Waals surface area (Å²) in [6.07, 6.45) is 0. The van der Waals surface area contributed by atoms with Gasteiger partial charge in [0.05, 0.1) is 12.0 Å². The van der Waals surface area contributed by atoms with E-state index >= 15 is 0 Å². The van der Waals surface area contributed by atoms with Crippen molar-refractivity contribution >= 4 is 33.3 Å². The Bertz CT molecular complexity index is 422. The molecule has 6 nitrogen and oxygen atoms in total. The number of hydrogen-bond acceptors (Lipinski definition) is 5. The molecule has 0 radical (unpaired) electrons. The molecule has 1 rings (SSSR count). The van der Waals surface area contributed by atoms with Crippen LogP contribution < -0.4 is 5.32 Å². The molecule has 86 valence electrons. The fourth-order valence-electron chi connectivity index (χ4n) is 1.00. The summed E-state index contributed by atoms with van der Waals surface area (Å²) >= 11 is 3.17. The average molecular weight is 289 g/mol. The second-order valence-corrected chi connectivity index (χ2v) is 3.71. The summed E-state index contributed by atoms with van der Waals surface area (Å²) in [6.45, 7) is 0.00686. The Morgan fingerprint density at radius 1 is 1.62 bits per heavy atom. The van der Waals surface area contributed by atoms with E-state index in [1.54, 1.807) is 0 Å². The van der Waals surface area contributed by atoms with Gasteiger partial charge in [-0.25, -0.2) is 0 Å². The summed E-state index contributed by atoms with van der Waals surface area (Å²) in [5.74, 6) is -0.412. The SMILES string of the molecule is COC(=O)CNc1ccc([N+](=O)[O-])cc1Br. The molecular weight excluding hydrogens is 280 g/mol. The molecule has 0 bridgehead atoms. The highest BCUT2D eigenvalue weighted by molar-refractivity contribution is 9.10. The zero-order valence-corrected chi connectivity index (χ0v) is 9.98. The number of methoxy groups -OCH3 is 1. The largest absolute Gasteiger partial charge is 0.468 e. The molecule has 7 heteroatoms. The van der Waals surface area contributed by atoms with Gasteiger partial charge < -0.3 is 10.1 Å². The number of carbonyl (C=O) groups excluding carboxylic acids is 1. The molecule has 0 spiro atoms. The van der Waals surface area contributed by atoms with E-state index in [-0.39, 0.29) is 12.2 Å². The van der Waals surface area contributed by atoms with Crippen molar-refractivity contribution in [3.05, 3.63) is 32.8 Å². The summed E-state index contributed by atoms with van der Waals surface area (Å²) in [5.41, 5.74) is 0.575. The number of anilines is 1. The maximum Gasteiger partial charge on any atom is 0.325 e. The summed E-state index contributed by atoms with van der Waals surface area (Å²) in [5, 5.41) is 13.3. The molecule has 1 N–H and O–H groups in total. The van der Waals surface area contributed by atoms with Gasteiger partial charge in [-0.05, 0) is 22.0 Å². The van der Waals surface area contributed by atoms with Crippen LogP contribution >= 0.6 is 15.9 Å². The molecule has 0 amide bonds. The number of nitrogens with one attached hydrogen (secondary N) is 1. The van der Waals surface area contributed by atoms with Crippen molar-refractivity contribution in [3.63, 3.8) is 0 Å². The third-order valence-electron chi connectivity index (χ3n) is 1.81. The van der Waals surface area contributed by atoms with E-state index in [0.29, 0.717) is 10.2 Å². The quantitative estimate of drug-likeness (QED) is 0.520. The Hall–Kier alpha value is -1.63. The molecular formula is C9H9BrN2O4. The van der Waals surface area contributed by atoms with Crippen LogP contribution in [0.15, 0.2) is 22.7 Å². The molecule has 1 aromatic rings. The standard InChI is InChI=1S/C9H9BrN2O4/c1-16-9(13)5-11-8-3-2-6(12(14)15)4-7(8)10/h2-4,11H,5H2,1H3. The molecule has 1 aromatic carbocycles. The number of ether oxygens (including phenoxy) is 1. The van der Waals surface area contributed by atoms with Gasteiger partial charge in [-0.15, -0.1) is 0 Å². The lowest BCUT2D eigenvalue weighted by Crippen LogP contribution is -2.15. The lowest BCUT2D eigenvalue weighted by atomic mass is 10.3. The average Bonchev–Trinajstić information content (AvgIpc) is 2.26. The van der Waals surface area contributed by atoms with Crippen molar-refractivity contribution in [1.82, 2.24) is 0 Å². The van der Waals surface area contributed by atoms with Gasteiger partial charge in [-0.3, -0.25) is 14.9 Å². The topological polar surface area (TPSA) is 81.5 Å². The van der Waals surface area contributed by atoms with E-state index in [1.165, 1.54) is 25.3 Å². The Morgan fingerprint density at radius 3 is 2.81 bits per heavy atom. The minimum Gasteiger partial charge on any atom is -0.468 e. The van der Waals surface area contributed by atoms with Gasteiger partial charge in [0, 0.05) is 22.3 Å². The fourth-order valence-corrected chi connectivity index (χ4v) is 1.51. The molecule has 16 heavy (non-hydrogen) atoms. The minimum atomic E-state index is -0.491. The van der Waals surface area contributed by atoms with Crippen molar-refractivity contribution < 1.29 is 14.5 Å². The lowest BCUT2D eigenvalue weighted by molar-refractivity contribution is -0.384. The molecule has 0 heterocycles. The van der Waals surface area contributed by atoms with Gasteiger partial charge in [0.15, 0.2) is 0 Å². The monoisotopic (exact) mass is 288 g/mol. The Labute approximate surface area is 99.9 Å².